The fraction of sp³-hybridized carbons (Fsp3) is 0.200. The van der Waals surface area contributed by atoms with Gasteiger partial charge in [0.25, 0.3) is 0 Å². The van der Waals surface area contributed by atoms with Crippen LogP contribution in [0.4, 0.5) is 0 Å². The molecule has 0 radical (unpaired) electrons. The molecule has 0 aliphatic rings. The molecule has 2 heteroatoms. The first kappa shape index (κ1) is 13.2. The van der Waals surface area contributed by atoms with Gasteiger partial charge in [-0.2, -0.15) is 0 Å². The first-order valence-corrected chi connectivity index (χ1v) is 7.55. The van der Waals surface area contributed by atoms with Crippen molar-refractivity contribution in [2.24, 2.45) is 0 Å². The van der Waals surface area contributed by atoms with Crippen LogP contribution in [-0.2, 0) is 0 Å². The van der Waals surface area contributed by atoms with Gasteiger partial charge < -0.3 is 8.83 Å². The molecule has 0 aliphatic carbocycles. The molecule has 2 aromatic heterocycles. The molecule has 0 saturated heterocycles. The van der Waals surface area contributed by atoms with Gasteiger partial charge in [0.15, 0.2) is 0 Å². The summed E-state index contributed by atoms with van der Waals surface area (Å²) in [4.78, 5) is 0. The van der Waals surface area contributed by atoms with Crippen molar-refractivity contribution in [2.45, 2.75) is 27.7 Å². The summed E-state index contributed by atoms with van der Waals surface area (Å²) in [6.07, 6.45) is 0. The third-order valence-electron chi connectivity index (χ3n) is 4.45. The number of furan rings is 2. The Morgan fingerprint density at radius 2 is 1.00 bits per heavy atom. The normalized spacial score (nSPS) is 11.6. The molecule has 2 nitrogen and oxygen atoms in total. The summed E-state index contributed by atoms with van der Waals surface area (Å²) in [7, 11) is 0. The molecule has 0 aliphatic heterocycles. The van der Waals surface area contributed by atoms with Gasteiger partial charge in [-0.15, -0.1) is 0 Å². The summed E-state index contributed by atoms with van der Waals surface area (Å²) < 4.78 is 12.0. The highest BCUT2D eigenvalue weighted by atomic mass is 16.3. The zero-order valence-electron chi connectivity index (χ0n) is 13.3. The zero-order chi connectivity index (χ0) is 15.4. The number of benzene rings is 2. The average molecular weight is 290 g/mol. The van der Waals surface area contributed by atoms with E-state index in [-0.39, 0.29) is 0 Å². The summed E-state index contributed by atoms with van der Waals surface area (Å²) in [5.41, 5.74) is 6.67. The lowest BCUT2D eigenvalue weighted by atomic mass is 9.95. The van der Waals surface area contributed by atoms with Gasteiger partial charge in [0.05, 0.1) is 0 Å². The molecule has 22 heavy (non-hydrogen) atoms. The van der Waals surface area contributed by atoms with Crippen LogP contribution in [-0.4, -0.2) is 0 Å². The van der Waals surface area contributed by atoms with Crippen LogP contribution in [0.15, 0.2) is 45.2 Å². The second-order valence-electron chi connectivity index (χ2n) is 5.96. The fourth-order valence-electron chi connectivity index (χ4n) is 3.48. The second-order valence-corrected chi connectivity index (χ2v) is 5.96. The summed E-state index contributed by atoms with van der Waals surface area (Å²) in [5.74, 6) is 1.89. The Bertz CT molecular complexity index is 931. The van der Waals surface area contributed by atoms with Crippen LogP contribution >= 0.6 is 0 Å². The Hall–Kier alpha value is -2.48. The average Bonchev–Trinajstić information content (AvgIpc) is 2.96. The predicted molar refractivity (Wildman–Crippen MR) is 90.4 cm³/mol. The van der Waals surface area contributed by atoms with E-state index in [1.165, 1.54) is 33.0 Å². The third kappa shape index (κ3) is 1.67. The van der Waals surface area contributed by atoms with E-state index < -0.39 is 0 Å². The minimum atomic E-state index is 0.940. The molecule has 0 amide bonds. The summed E-state index contributed by atoms with van der Waals surface area (Å²) in [6.45, 7) is 8.33. The molecule has 2 aromatic carbocycles. The molecule has 0 bridgehead atoms. The van der Waals surface area contributed by atoms with Gasteiger partial charge in [-0.1, -0.05) is 24.3 Å². The highest BCUT2D eigenvalue weighted by molar-refractivity contribution is 6.07. The van der Waals surface area contributed by atoms with E-state index in [4.69, 9.17) is 8.83 Å². The van der Waals surface area contributed by atoms with Crippen LogP contribution in [0.3, 0.4) is 0 Å². The number of fused-ring (bicyclic) bond motifs is 2. The molecule has 0 atom stereocenters. The molecule has 0 saturated carbocycles. The molecule has 4 aromatic rings. The van der Waals surface area contributed by atoms with Crippen LogP contribution in [0.25, 0.3) is 33.1 Å². The Morgan fingerprint density at radius 1 is 0.591 bits per heavy atom. The topological polar surface area (TPSA) is 26.3 Å². The molecule has 0 fully saturated rings. The Balaban J connectivity index is 2.21. The third-order valence-corrected chi connectivity index (χ3v) is 4.45. The van der Waals surface area contributed by atoms with E-state index in [1.54, 1.807) is 0 Å². The van der Waals surface area contributed by atoms with Crippen molar-refractivity contribution in [3.05, 3.63) is 59.0 Å². The smallest absolute Gasteiger partial charge is 0.135 e. The van der Waals surface area contributed by atoms with Crippen LogP contribution in [0.5, 0.6) is 0 Å². The van der Waals surface area contributed by atoms with Gasteiger partial charge in [0.2, 0.25) is 0 Å². The van der Waals surface area contributed by atoms with Crippen molar-refractivity contribution in [2.75, 3.05) is 0 Å². The van der Waals surface area contributed by atoms with Gasteiger partial charge in [-0.05, 0) is 51.0 Å². The Morgan fingerprint density at radius 3 is 1.41 bits per heavy atom. The van der Waals surface area contributed by atoms with Crippen LogP contribution in [0.2, 0.25) is 0 Å². The molecule has 0 N–H and O–H groups in total. The lowest BCUT2D eigenvalue weighted by Crippen LogP contribution is -1.84. The van der Waals surface area contributed by atoms with Crippen LogP contribution in [0.1, 0.15) is 22.6 Å². The molecule has 4 rings (SSSR count). The first-order chi connectivity index (χ1) is 10.6. The lowest BCUT2D eigenvalue weighted by Gasteiger charge is -2.04. The first-order valence-electron chi connectivity index (χ1n) is 7.55. The fourth-order valence-corrected chi connectivity index (χ4v) is 3.48. The van der Waals surface area contributed by atoms with E-state index in [1.807, 2.05) is 38.1 Å². The molecule has 2 heterocycles. The summed E-state index contributed by atoms with van der Waals surface area (Å²) in [5, 5.41) is 2.38. The number of aryl methyl sites for hydroxylation is 4. The Labute approximate surface area is 129 Å². The van der Waals surface area contributed by atoms with Gasteiger partial charge in [-0.25, -0.2) is 0 Å². The minimum absolute atomic E-state index is 0.940. The van der Waals surface area contributed by atoms with Crippen LogP contribution < -0.4 is 0 Å². The molecule has 0 spiro atoms. The highest BCUT2D eigenvalue weighted by Gasteiger charge is 2.22. The monoisotopic (exact) mass is 290 g/mol. The van der Waals surface area contributed by atoms with E-state index in [0.717, 1.165) is 22.7 Å². The Kier molecular flexibility index (Phi) is 2.70. The SMILES string of the molecule is Cc1oc2cccc(C)c2c1-c1c(C)oc2cccc(C)c12. The van der Waals surface area contributed by atoms with Crippen molar-refractivity contribution in [1.82, 2.24) is 0 Å². The largest absolute Gasteiger partial charge is 0.461 e. The molecule has 0 unspecified atom stereocenters. The number of rotatable bonds is 1. The quantitative estimate of drug-likeness (QED) is 0.424. The van der Waals surface area contributed by atoms with Crippen molar-refractivity contribution < 1.29 is 8.83 Å². The molecular formula is C20H18O2. The summed E-state index contributed by atoms with van der Waals surface area (Å²) >= 11 is 0. The maximum Gasteiger partial charge on any atom is 0.135 e. The van der Waals surface area contributed by atoms with Crippen molar-refractivity contribution in [1.29, 1.82) is 0 Å². The van der Waals surface area contributed by atoms with Crippen molar-refractivity contribution in [3.63, 3.8) is 0 Å². The summed E-state index contributed by atoms with van der Waals surface area (Å²) in [6, 6.07) is 12.4. The standard InChI is InChI=1S/C20H18O2/c1-11-7-5-9-15-17(11)19(13(3)21-15)20-14(4)22-16-10-6-8-12(2)18(16)20/h5-10H,1-4H3. The van der Waals surface area contributed by atoms with Gasteiger partial charge in [-0.3, -0.25) is 0 Å². The maximum atomic E-state index is 6.01. The predicted octanol–water partition coefficient (Wildman–Crippen LogP) is 6.08. The van der Waals surface area contributed by atoms with Crippen molar-refractivity contribution in [3.8, 4) is 11.1 Å². The molecule has 110 valence electrons. The van der Waals surface area contributed by atoms with E-state index >= 15 is 0 Å². The number of hydrogen-bond donors (Lipinski definition) is 0. The minimum Gasteiger partial charge on any atom is -0.461 e. The maximum absolute atomic E-state index is 6.01. The van der Waals surface area contributed by atoms with Gasteiger partial charge >= 0.3 is 0 Å². The second kappa shape index (κ2) is 4.51. The van der Waals surface area contributed by atoms with E-state index in [0.29, 0.717) is 0 Å². The van der Waals surface area contributed by atoms with E-state index in [9.17, 15) is 0 Å². The van der Waals surface area contributed by atoms with Crippen molar-refractivity contribution >= 4 is 21.9 Å². The van der Waals surface area contributed by atoms with Gasteiger partial charge in [0, 0.05) is 21.9 Å². The molecular weight excluding hydrogens is 272 g/mol. The van der Waals surface area contributed by atoms with Gasteiger partial charge in [0.1, 0.15) is 22.7 Å². The highest BCUT2D eigenvalue weighted by Crippen LogP contribution is 2.43. The van der Waals surface area contributed by atoms with E-state index in [2.05, 4.69) is 26.0 Å². The number of hydrogen-bond acceptors (Lipinski definition) is 2. The lowest BCUT2D eigenvalue weighted by molar-refractivity contribution is 0.574. The zero-order valence-corrected chi connectivity index (χ0v) is 13.3. The van der Waals surface area contributed by atoms with Crippen LogP contribution in [0, 0.1) is 27.7 Å².